The monoisotopic (exact) mass is 380 g/mol. The number of aliphatic carboxylic acids is 1. The minimum absolute atomic E-state index is 0.0846. The highest BCUT2D eigenvalue weighted by Gasteiger charge is 2.24. The van der Waals surface area contributed by atoms with Crippen molar-refractivity contribution in [2.45, 2.75) is 32.3 Å². The lowest BCUT2D eigenvalue weighted by Gasteiger charge is -2.18. The maximum Gasteiger partial charge on any atom is 0.303 e. The summed E-state index contributed by atoms with van der Waals surface area (Å²) in [7, 11) is 0. The van der Waals surface area contributed by atoms with Gasteiger partial charge in [-0.3, -0.25) is 9.59 Å². The molecule has 0 aliphatic carbocycles. The van der Waals surface area contributed by atoms with Gasteiger partial charge in [0.05, 0.1) is 0 Å². The van der Waals surface area contributed by atoms with E-state index in [-0.39, 0.29) is 25.2 Å². The Morgan fingerprint density at radius 1 is 1.18 bits per heavy atom. The van der Waals surface area contributed by atoms with Crippen molar-refractivity contribution in [1.29, 1.82) is 0 Å². The number of carboxylic acids is 1. The van der Waals surface area contributed by atoms with Gasteiger partial charge in [0.2, 0.25) is 12.2 Å². The molecule has 2 aromatic carbocycles. The molecule has 1 N–H and O–H groups in total. The fourth-order valence-corrected chi connectivity index (χ4v) is 3.02. The molecule has 0 amide bonds. The van der Waals surface area contributed by atoms with Crippen molar-refractivity contribution < 1.29 is 24.0 Å². The number of ether oxygens (including phenoxy) is 1. The third-order valence-electron chi connectivity index (χ3n) is 4.42. The summed E-state index contributed by atoms with van der Waals surface area (Å²) in [6.45, 7) is 2.04. The molecule has 3 rings (SSSR count). The number of carbonyl (C=O) groups excluding carboxylic acids is 1. The van der Waals surface area contributed by atoms with Crippen LogP contribution in [0.3, 0.4) is 0 Å². The van der Waals surface area contributed by atoms with Gasteiger partial charge < -0.3 is 14.4 Å². The van der Waals surface area contributed by atoms with Gasteiger partial charge in [-0.25, -0.2) is 0 Å². The molecule has 0 aliphatic heterocycles. The molecule has 0 radical (unpaired) electrons. The second-order valence-corrected chi connectivity index (χ2v) is 6.37. The van der Waals surface area contributed by atoms with Crippen LogP contribution in [0.15, 0.2) is 59.4 Å². The highest BCUT2D eigenvalue weighted by atomic mass is 16.5. The van der Waals surface area contributed by atoms with Crippen LogP contribution in [0.4, 0.5) is 0 Å². The van der Waals surface area contributed by atoms with Crippen molar-refractivity contribution in [3.8, 4) is 5.75 Å². The number of aryl methyl sites for hydroxylation is 1. The molecule has 0 spiro atoms. The van der Waals surface area contributed by atoms with E-state index in [0.29, 0.717) is 17.1 Å². The first kappa shape index (κ1) is 19.3. The Bertz CT molecular complexity index is 953. The molecular weight excluding hydrogens is 360 g/mol. The van der Waals surface area contributed by atoms with Gasteiger partial charge in [0.25, 0.3) is 0 Å². The number of carbonyl (C=O) groups is 2. The van der Waals surface area contributed by atoms with Crippen molar-refractivity contribution in [2.24, 2.45) is 0 Å². The number of hydrogen-bond donors (Lipinski definition) is 1. The van der Waals surface area contributed by atoms with Crippen LogP contribution < -0.4 is 4.74 Å². The molecule has 0 fully saturated rings. The Morgan fingerprint density at radius 2 is 2.00 bits per heavy atom. The van der Waals surface area contributed by atoms with E-state index in [1.54, 1.807) is 24.3 Å². The fraction of sp³-hybridized carbons (Fsp3) is 0.238. The average Bonchev–Trinajstić information content (AvgIpc) is 3.21. The summed E-state index contributed by atoms with van der Waals surface area (Å²) in [4.78, 5) is 28.2. The molecule has 0 unspecified atom stereocenters. The number of aromatic nitrogens is 2. The number of Topliss-reactive ketones (excluding diaryl/α,β-unsaturated/α-hetero) is 1. The fourth-order valence-electron chi connectivity index (χ4n) is 3.02. The highest BCUT2D eigenvalue weighted by Crippen LogP contribution is 2.29. The third-order valence-corrected chi connectivity index (χ3v) is 4.42. The zero-order chi connectivity index (χ0) is 19.9. The molecule has 0 saturated carbocycles. The van der Waals surface area contributed by atoms with Gasteiger partial charge in [0.15, 0.2) is 12.4 Å². The zero-order valence-corrected chi connectivity index (χ0v) is 15.4. The molecular formula is C21H20N2O5. The van der Waals surface area contributed by atoms with Gasteiger partial charge >= 0.3 is 5.97 Å². The van der Waals surface area contributed by atoms with Crippen LogP contribution in [0, 0.1) is 6.92 Å². The summed E-state index contributed by atoms with van der Waals surface area (Å²) < 4.78 is 10.3. The summed E-state index contributed by atoms with van der Waals surface area (Å²) in [6, 6.07) is 14.3. The maximum atomic E-state index is 13.2. The van der Waals surface area contributed by atoms with Crippen LogP contribution in [-0.2, 0) is 11.4 Å². The quantitative estimate of drug-likeness (QED) is 0.563. The second kappa shape index (κ2) is 8.94. The number of rotatable bonds is 9. The van der Waals surface area contributed by atoms with E-state index in [9.17, 15) is 9.59 Å². The lowest BCUT2D eigenvalue weighted by Crippen LogP contribution is -2.16. The summed E-state index contributed by atoms with van der Waals surface area (Å²) in [5, 5.41) is 12.8. The van der Waals surface area contributed by atoms with Gasteiger partial charge in [-0.2, -0.15) is 4.98 Å². The van der Waals surface area contributed by atoms with Crippen LogP contribution in [0.2, 0.25) is 0 Å². The normalized spacial score (nSPS) is 11.8. The Balaban J connectivity index is 1.82. The van der Waals surface area contributed by atoms with Crippen molar-refractivity contribution in [2.75, 3.05) is 0 Å². The number of carboxylic acid groups (broad SMARTS) is 1. The second-order valence-electron chi connectivity index (χ2n) is 6.37. The predicted octanol–water partition coefficient (Wildman–Crippen LogP) is 3.79. The summed E-state index contributed by atoms with van der Waals surface area (Å²) >= 11 is 0. The van der Waals surface area contributed by atoms with Crippen molar-refractivity contribution in [1.82, 2.24) is 10.1 Å². The molecule has 1 heterocycles. The van der Waals surface area contributed by atoms with Gasteiger partial charge in [0, 0.05) is 17.9 Å². The van der Waals surface area contributed by atoms with Crippen molar-refractivity contribution in [3.63, 3.8) is 0 Å². The van der Waals surface area contributed by atoms with Crippen LogP contribution in [-0.4, -0.2) is 27.0 Å². The third kappa shape index (κ3) is 4.82. The van der Waals surface area contributed by atoms with Gasteiger partial charge in [-0.05, 0) is 36.6 Å². The molecule has 144 valence electrons. The summed E-state index contributed by atoms with van der Waals surface area (Å²) in [6.07, 6.45) is 1.36. The smallest absolute Gasteiger partial charge is 0.303 e. The molecule has 0 saturated heterocycles. The van der Waals surface area contributed by atoms with Crippen molar-refractivity contribution in [3.05, 3.63) is 77.4 Å². The number of nitrogens with zero attached hydrogens (tertiary/aromatic N) is 2. The first-order valence-electron chi connectivity index (χ1n) is 8.84. The maximum absolute atomic E-state index is 13.2. The zero-order valence-electron chi connectivity index (χ0n) is 15.4. The Hall–Kier alpha value is -3.48. The first-order chi connectivity index (χ1) is 13.5. The Labute approximate surface area is 162 Å². The molecule has 3 aromatic rings. The number of ketones is 1. The van der Waals surface area contributed by atoms with E-state index in [4.69, 9.17) is 9.84 Å². The molecule has 1 atom stereocenters. The largest absolute Gasteiger partial charge is 0.485 e. The number of hydrogen-bond acceptors (Lipinski definition) is 6. The van der Waals surface area contributed by atoms with E-state index in [1.165, 1.54) is 6.39 Å². The van der Waals surface area contributed by atoms with Crippen LogP contribution in [0.1, 0.15) is 46.1 Å². The van der Waals surface area contributed by atoms with E-state index in [2.05, 4.69) is 14.7 Å². The van der Waals surface area contributed by atoms with Crippen LogP contribution in [0.25, 0.3) is 0 Å². The van der Waals surface area contributed by atoms with Crippen LogP contribution >= 0.6 is 0 Å². The average molecular weight is 380 g/mol. The molecule has 7 heteroatoms. The summed E-state index contributed by atoms with van der Waals surface area (Å²) in [5.74, 6) is -0.706. The molecule has 0 bridgehead atoms. The van der Waals surface area contributed by atoms with E-state index >= 15 is 0 Å². The van der Waals surface area contributed by atoms with E-state index < -0.39 is 11.9 Å². The van der Waals surface area contributed by atoms with Crippen molar-refractivity contribution >= 4 is 11.8 Å². The Morgan fingerprint density at radius 3 is 2.71 bits per heavy atom. The van der Waals surface area contributed by atoms with Gasteiger partial charge in [-0.1, -0.05) is 41.6 Å². The standard InChI is InChI=1S/C21H20N2O5/c1-14-5-2-3-8-17(14)18(9-10-20(24)25)21(26)15-6-4-7-16(11-15)27-12-19-22-13-28-23-19/h2-8,11,13,18H,9-10,12H2,1H3,(H,24,25)/t18-/m0/s1. The van der Waals surface area contributed by atoms with E-state index in [1.807, 2.05) is 31.2 Å². The Kier molecular flexibility index (Phi) is 6.16. The van der Waals surface area contributed by atoms with Crippen LogP contribution in [0.5, 0.6) is 5.75 Å². The topological polar surface area (TPSA) is 103 Å². The lowest BCUT2D eigenvalue weighted by atomic mass is 9.85. The minimum Gasteiger partial charge on any atom is -0.485 e. The van der Waals surface area contributed by atoms with E-state index in [0.717, 1.165) is 11.1 Å². The number of benzene rings is 2. The predicted molar refractivity (Wildman–Crippen MR) is 100 cm³/mol. The molecule has 28 heavy (non-hydrogen) atoms. The summed E-state index contributed by atoms with van der Waals surface area (Å²) in [5.41, 5.74) is 2.26. The molecule has 0 aliphatic rings. The SMILES string of the molecule is Cc1ccccc1[C@H](CCC(=O)O)C(=O)c1cccc(OCc2ncon2)c1. The van der Waals surface area contributed by atoms with Gasteiger partial charge in [-0.15, -0.1) is 0 Å². The highest BCUT2D eigenvalue weighted by molar-refractivity contribution is 6.01. The van der Waals surface area contributed by atoms with Gasteiger partial charge in [0.1, 0.15) is 5.75 Å². The molecule has 7 nitrogen and oxygen atoms in total. The first-order valence-corrected chi connectivity index (χ1v) is 8.84. The molecule has 1 aromatic heterocycles. The minimum atomic E-state index is -0.927. The lowest BCUT2D eigenvalue weighted by molar-refractivity contribution is -0.137.